The van der Waals surface area contributed by atoms with Crippen molar-refractivity contribution in [2.75, 3.05) is 20.1 Å². The van der Waals surface area contributed by atoms with Crippen LogP contribution in [0.5, 0.6) is 5.75 Å². The fourth-order valence-corrected chi connectivity index (χ4v) is 2.92. The van der Waals surface area contributed by atoms with E-state index in [2.05, 4.69) is 10.3 Å². The Morgan fingerprint density at radius 2 is 1.96 bits per heavy atom. The molecule has 0 aliphatic carbocycles. The maximum absolute atomic E-state index is 12.6. The first-order valence-electron chi connectivity index (χ1n) is 8.34. The van der Waals surface area contributed by atoms with Crippen LogP contribution in [0.3, 0.4) is 0 Å². The van der Waals surface area contributed by atoms with Crippen molar-refractivity contribution in [3.8, 4) is 5.75 Å². The Morgan fingerprint density at radius 1 is 1.24 bits per heavy atom. The Kier molecular flexibility index (Phi) is 7.22. The Morgan fingerprint density at radius 3 is 2.64 bits per heavy atom. The molecule has 1 aromatic carbocycles. The smallest absolute Gasteiger partial charge is 0.253 e. The van der Waals surface area contributed by atoms with Crippen molar-refractivity contribution in [1.82, 2.24) is 15.2 Å². The molecular formula is C19H24ClN3O2. The molecule has 1 aromatic heterocycles. The van der Waals surface area contributed by atoms with Crippen molar-refractivity contribution in [1.29, 1.82) is 0 Å². The second kappa shape index (κ2) is 9.39. The number of hydrogen-bond acceptors (Lipinski definition) is 4. The van der Waals surface area contributed by atoms with Crippen LogP contribution in [-0.2, 0) is 6.61 Å². The normalized spacial score (nSPS) is 16.8. The van der Waals surface area contributed by atoms with Crippen LogP contribution in [0.25, 0.3) is 0 Å². The van der Waals surface area contributed by atoms with Gasteiger partial charge in [-0.3, -0.25) is 9.78 Å². The summed E-state index contributed by atoms with van der Waals surface area (Å²) in [5, 5.41) is 3.26. The highest BCUT2D eigenvalue weighted by Gasteiger charge is 2.23. The maximum Gasteiger partial charge on any atom is 0.253 e. The molecule has 0 radical (unpaired) electrons. The Hall–Kier alpha value is -2.11. The molecule has 0 bridgehead atoms. The van der Waals surface area contributed by atoms with E-state index in [1.165, 1.54) is 0 Å². The van der Waals surface area contributed by atoms with Gasteiger partial charge in [0, 0.05) is 37.1 Å². The summed E-state index contributed by atoms with van der Waals surface area (Å²) in [5.74, 6) is 0.853. The van der Waals surface area contributed by atoms with Gasteiger partial charge in [-0.2, -0.15) is 0 Å². The van der Waals surface area contributed by atoms with Crippen LogP contribution in [0.15, 0.2) is 48.8 Å². The largest absolute Gasteiger partial charge is 0.489 e. The zero-order chi connectivity index (χ0) is 16.8. The van der Waals surface area contributed by atoms with Crippen molar-refractivity contribution in [2.45, 2.75) is 25.5 Å². The van der Waals surface area contributed by atoms with E-state index in [-0.39, 0.29) is 18.3 Å². The van der Waals surface area contributed by atoms with E-state index >= 15 is 0 Å². The third-order valence-electron chi connectivity index (χ3n) is 4.37. The topological polar surface area (TPSA) is 54.5 Å². The van der Waals surface area contributed by atoms with Crippen molar-refractivity contribution < 1.29 is 9.53 Å². The number of amides is 1. The molecule has 6 heteroatoms. The van der Waals surface area contributed by atoms with Gasteiger partial charge < -0.3 is 15.0 Å². The van der Waals surface area contributed by atoms with Gasteiger partial charge >= 0.3 is 0 Å². The lowest BCUT2D eigenvalue weighted by Gasteiger charge is -2.32. The number of likely N-dealkylation sites (N-methyl/N-ethyl adjacent to an activating group) is 1. The monoisotopic (exact) mass is 361 g/mol. The number of ether oxygens (including phenoxy) is 1. The minimum Gasteiger partial charge on any atom is -0.489 e. The van der Waals surface area contributed by atoms with E-state index in [1.54, 1.807) is 12.4 Å². The molecule has 1 N–H and O–H groups in total. The third kappa shape index (κ3) is 5.18. The molecule has 1 saturated heterocycles. The standard InChI is InChI=1S/C19H23N3O2.ClH/c1-20-17-3-2-12-22(13-17)19(23)16-4-6-18(7-5-16)24-14-15-8-10-21-11-9-15;/h4-11,17,20H,2-3,12-14H2,1H3;1H. The number of pyridine rings is 1. The summed E-state index contributed by atoms with van der Waals surface area (Å²) in [7, 11) is 1.95. The average molecular weight is 362 g/mol. The van der Waals surface area contributed by atoms with Gasteiger partial charge in [-0.1, -0.05) is 0 Å². The van der Waals surface area contributed by atoms with Crippen LogP contribution in [-0.4, -0.2) is 42.0 Å². The molecule has 1 fully saturated rings. The highest BCUT2D eigenvalue weighted by molar-refractivity contribution is 5.94. The molecule has 3 rings (SSSR count). The van der Waals surface area contributed by atoms with Crippen LogP contribution in [0.1, 0.15) is 28.8 Å². The molecule has 1 atom stereocenters. The first-order valence-corrected chi connectivity index (χ1v) is 8.34. The summed E-state index contributed by atoms with van der Waals surface area (Å²) < 4.78 is 5.74. The predicted molar refractivity (Wildman–Crippen MR) is 100 cm³/mol. The quantitative estimate of drug-likeness (QED) is 0.889. The second-order valence-corrected chi connectivity index (χ2v) is 6.05. The summed E-state index contributed by atoms with van der Waals surface area (Å²) in [4.78, 5) is 18.5. The SMILES string of the molecule is CNC1CCCN(C(=O)c2ccc(OCc3ccncc3)cc2)C1.Cl. The number of carbonyl (C=O) groups is 1. The van der Waals surface area contributed by atoms with E-state index in [0.29, 0.717) is 18.2 Å². The number of aromatic nitrogens is 1. The zero-order valence-electron chi connectivity index (χ0n) is 14.4. The van der Waals surface area contributed by atoms with Crippen LogP contribution < -0.4 is 10.1 Å². The fourth-order valence-electron chi connectivity index (χ4n) is 2.92. The maximum atomic E-state index is 12.6. The van der Waals surface area contributed by atoms with Gasteiger partial charge in [0.15, 0.2) is 0 Å². The lowest BCUT2D eigenvalue weighted by Crippen LogP contribution is -2.46. The second-order valence-electron chi connectivity index (χ2n) is 6.05. The predicted octanol–water partition coefficient (Wildman–Crippen LogP) is 2.91. The average Bonchev–Trinajstić information content (AvgIpc) is 2.67. The third-order valence-corrected chi connectivity index (χ3v) is 4.37. The van der Waals surface area contributed by atoms with E-state index in [0.717, 1.165) is 37.2 Å². The number of nitrogens with zero attached hydrogens (tertiary/aromatic N) is 2. The molecule has 1 aliphatic rings. The number of hydrogen-bond donors (Lipinski definition) is 1. The summed E-state index contributed by atoms with van der Waals surface area (Å²) in [6.45, 7) is 2.10. The lowest BCUT2D eigenvalue weighted by molar-refractivity contribution is 0.0698. The highest BCUT2D eigenvalue weighted by Crippen LogP contribution is 2.17. The summed E-state index contributed by atoms with van der Waals surface area (Å²) in [5.41, 5.74) is 1.78. The van der Waals surface area contributed by atoms with E-state index < -0.39 is 0 Å². The van der Waals surface area contributed by atoms with Crippen LogP contribution >= 0.6 is 12.4 Å². The molecule has 2 heterocycles. The van der Waals surface area contributed by atoms with Gasteiger partial charge in [0.25, 0.3) is 5.91 Å². The molecule has 0 saturated carbocycles. The molecule has 134 valence electrons. The van der Waals surface area contributed by atoms with Crippen LogP contribution in [0, 0.1) is 0 Å². The molecule has 25 heavy (non-hydrogen) atoms. The summed E-state index contributed by atoms with van der Waals surface area (Å²) in [6.07, 6.45) is 5.67. The van der Waals surface area contributed by atoms with E-state index in [9.17, 15) is 4.79 Å². The van der Waals surface area contributed by atoms with Crippen LogP contribution in [0.4, 0.5) is 0 Å². The number of rotatable bonds is 5. The first-order chi connectivity index (χ1) is 11.8. The first kappa shape index (κ1) is 19.2. The van der Waals surface area contributed by atoms with Crippen LogP contribution in [0.2, 0.25) is 0 Å². The fraction of sp³-hybridized carbons (Fsp3) is 0.368. The molecular weight excluding hydrogens is 338 g/mol. The number of benzene rings is 1. The number of piperidine rings is 1. The molecule has 1 aliphatic heterocycles. The minimum atomic E-state index is 0. The van der Waals surface area contributed by atoms with Gasteiger partial charge in [0.05, 0.1) is 0 Å². The number of likely N-dealkylation sites (tertiary alicyclic amines) is 1. The van der Waals surface area contributed by atoms with Crippen molar-refractivity contribution in [3.05, 3.63) is 59.9 Å². The van der Waals surface area contributed by atoms with E-state index in [4.69, 9.17) is 4.74 Å². The molecule has 0 spiro atoms. The van der Waals surface area contributed by atoms with Gasteiger partial charge in [-0.15, -0.1) is 12.4 Å². The van der Waals surface area contributed by atoms with Gasteiger partial charge in [0.1, 0.15) is 12.4 Å². The molecule has 5 nitrogen and oxygen atoms in total. The molecule has 2 aromatic rings. The minimum absolute atomic E-state index is 0. The number of nitrogens with one attached hydrogen (secondary N) is 1. The summed E-state index contributed by atoms with van der Waals surface area (Å²) >= 11 is 0. The summed E-state index contributed by atoms with van der Waals surface area (Å²) in [6, 6.07) is 11.6. The zero-order valence-corrected chi connectivity index (χ0v) is 15.2. The Bertz CT molecular complexity index is 664. The van der Waals surface area contributed by atoms with Gasteiger partial charge in [-0.25, -0.2) is 0 Å². The van der Waals surface area contributed by atoms with Crippen molar-refractivity contribution >= 4 is 18.3 Å². The highest BCUT2D eigenvalue weighted by atomic mass is 35.5. The molecule has 1 amide bonds. The van der Waals surface area contributed by atoms with Gasteiger partial charge in [0.2, 0.25) is 0 Å². The van der Waals surface area contributed by atoms with Gasteiger partial charge in [-0.05, 0) is 61.9 Å². The van der Waals surface area contributed by atoms with Crippen molar-refractivity contribution in [2.24, 2.45) is 0 Å². The lowest BCUT2D eigenvalue weighted by atomic mass is 10.0. The molecule has 1 unspecified atom stereocenters. The number of carbonyl (C=O) groups excluding carboxylic acids is 1. The Balaban J connectivity index is 0.00000225. The number of halogens is 1. The van der Waals surface area contributed by atoms with Crippen molar-refractivity contribution in [3.63, 3.8) is 0 Å². The van der Waals surface area contributed by atoms with E-state index in [1.807, 2.05) is 48.3 Å². The Labute approximate surface area is 154 Å².